The number of nitriles is 2. The van der Waals surface area contributed by atoms with Crippen LogP contribution in [0.2, 0.25) is 0 Å². The number of nitrogens with zero attached hydrogens (tertiary/aromatic N) is 2. The molecular weight excluding hydrogens is 222 g/mol. The number of nitrogens with one attached hydrogen (secondary N) is 1. The fraction of sp³-hybridized carbons (Fsp3) is 0.545. The lowest BCUT2D eigenvalue weighted by Crippen LogP contribution is -2.29. The lowest BCUT2D eigenvalue weighted by molar-refractivity contribution is -0.116. The van der Waals surface area contributed by atoms with Gasteiger partial charge in [0.05, 0.1) is 17.0 Å². The minimum atomic E-state index is -0.795. The van der Waals surface area contributed by atoms with E-state index >= 15 is 0 Å². The quantitative estimate of drug-likeness (QED) is 0.756. The molecular formula is C11H13N3OS. The summed E-state index contributed by atoms with van der Waals surface area (Å²) >= 11 is 1.28. The van der Waals surface area contributed by atoms with Crippen molar-refractivity contribution in [2.45, 2.75) is 25.6 Å². The van der Waals surface area contributed by atoms with Crippen LogP contribution in [0, 0.1) is 34.5 Å². The van der Waals surface area contributed by atoms with Crippen molar-refractivity contribution in [1.29, 1.82) is 10.5 Å². The zero-order chi connectivity index (χ0) is 12.1. The summed E-state index contributed by atoms with van der Waals surface area (Å²) in [5.41, 5.74) is 0. The maximum absolute atomic E-state index is 11.6. The highest BCUT2D eigenvalue weighted by molar-refractivity contribution is 8.05. The van der Waals surface area contributed by atoms with Gasteiger partial charge in [0, 0.05) is 0 Å². The third-order valence-electron chi connectivity index (χ3n) is 2.41. The zero-order valence-corrected chi connectivity index (χ0v) is 10.0. The third-order valence-corrected chi connectivity index (χ3v) is 3.63. The molecule has 1 fully saturated rings. The average Bonchev–Trinajstić information content (AvgIpc) is 2.62. The van der Waals surface area contributed by atoms with Gasteiger partial charge >= 0.3 is 0 Å². The van der Waals surface area contributed by atoms with E-state index in [0.717, 1.165) is 6.42 Å². The highest BCUT2D eigenvalue weighted by atomic mass is 32.2. The molecule has 2 unspecified atom stereocenters. The summed E-state index contributed by atoms with van der Waals surface area (Å²) < 4.78 is 0. The fourth-order valence-corrected chi connectivity index (χ4v) is 2.40. The van der Waals surface area contributed by atoms with E-state index in [1.165, 1.54) is 11.8 Å². The Bertz CT molecular complexity index is 377. The molecule has 16 heavy (non-hydrogen) atoms. The molecule has 1 saturated heterocycles. The standard InChI is InChI=1S/C11H13N3OS/c1-3-7(2)4-9-10(15)14-11(16-9)8(5-12)6-13/h4,7-8,11H,3H2,1-2H3,(H,14,15)/b9-4+. The molecule has 0 radical (unpaired) electrons. The van der Waals surface area contributed by atoms with Crippen molar-refractivity contribution in [3.63, 3.8) is 0 Å². The van der Waals surface area contributed by atoms with Crippen LogP contribution in [0.4, 0.5) is 0 Å². The SMILES string of the molecule is CCC(C)/C=C1/SC(C(C#N)C#N)NC1=O. The largest absolute Gasteiger partial charge is 0.337 e. The molecule has 0 aromatic rings. The van der Waals surface area contributed by atoms with Gasteiger partial charge in [0.15, 0.2) is 5.92 Å². The number of allylic oxidation sites excluding steroid dienone is 1. The highest BCUT2D eigenvalue weighted by Crippen LogP contribution is 2.32. The minimum Gasteiger partial charge on any atom is -0.337 e. The molecule has 0 saturated carbocycles. The van der Waals surface area contributed by atoms with E-state index in [1.807, 2.05) is 32.1 Å². The molecule has 1 N–H and O–H groups in total. The van der Waals surface area contributed by atoms with Crippen molar-refractivity contribution >= 4 is 17.7 Å². The zero-order valence-electron chi connectivity index (χ0n) is 9.23. The predicted molar refractivity (Wildman–Crippen MR) is 61.8 cm³/mol. The molecule has 1 aliphatic heterocycles. The van der Waals surface area contributed by atoms with Gasteiger partial charge in [0.2, 0.25) is 0 Å². The Morgan fingerprint density at radius 2 is 2.19 bits per heavy atom. The van der Waals surface area contributed by atoms with E-state index in [4.69, 9.17) is 10.5 Å². The maximum Gasteiger partial charge on any atom is 0.258 e. The monoisotopic (exact) mass is 235 g/mol. The van der Waals surface area contributed by atoms with Crippen molar-refractivity contribution in [2.75, 3.05) is 0 Å². The van der Waals surface area contributed by atoms with Crippen LogP contribution in [-0.4, -0.2) is 11.3 Å². The molecule has 0 aromatic carbocycles. The van der Waals surface area contributed by atoms with Gasteiger partial charge in [0.25, 0.3) is 5.91 Å². The van der Waals surface area contributed by atoms with Crippen LogP contribution in [-0.2, 0) is 4.79 Å². The van der Waals surface area contributed by atoms with Crippen molar-refractivity contribution < 1.29 is 4.79 Å². The van der Waals surface area contributed by atoms with Crippen molar-refractivity contribution in [3.8, 4) is 12.1 Å². The number of hydrogen-bond acceptors (Lipinski definition) is 4. The Morgan fingerprint density at radius 3 is 2.69 bits per heavy atom. The van der Waals surface area contributed by atoms with E-state index in [2.05, 4.69) is 5.32 Å². The summed E-state index contributed by atoms with van der Waals surface area (Å²) in [5, 5.41) is 19.7. The molecule has 1 aliphatic rings. The summed E-state index contributed by atoms with van der Waals surface area (Å²) in [6, 6.07) is 3.76. The number of hydrogen-bond donors (Lipinski definition) is 1. The van der Waals surface area contributed by atoms with E-state index in [-0.39, 0.29) is 5.91 Å². The van der Waals surface area contributed by atoms with Crippen LogP contribution in [0.3, 0.4) is 0 Å². The predicted octanol–water partition coefficient (Wildman–Crippen LogP) is 1.77. The van der Waals surface area contributed by atoms with Crippen molar-refractivity contribution in [1.82, 2.24) is 5.32 Å². The number of thioether (sulfide) groups is 1. The minimum absolute atomic E-state index is 0.175. The average molecular weight is 235 g/mol. The van der Waals surface area contributed by atoms with Gasteiger partial charge in [-0.25, -0.2) is 0 Å². The fourth-order valence-electron chi connectivity index (χ4n) is 1.23. The Balaban J connectivity index is 2.76. The van der Waals surface area contributed by atoms with Crippen LogP contribution in [0.15, 0.2) is 11.0 Å². The normalized spacial score (nSPS) is 23.9. The van der Waals surface area contributed by atoms with E-state index in [1.54, 1.807) is 0 Å². The molecule has 1 amide bonds. The molecule has 0 aromatic heterocycles. The van der Waals surface area contributed by atoms with Crippen LogP contribution >= 0.6 is 11.8 Å². The molecule has 0 spiro atoms. The second-order valence-electron chi connectivity index (χ2n) is 3.66. The second kappa shape index (κ2) is 5.58. The molecule has 84 valence electrons. The number of rotatable bonds is 3. The summed E-state index contributed by atoms with van der Waals surface area (Å²) in [4.78, 5) is 12.2. The lowest BCUT2D eigenvalue weighted by atomic mass is 10.1. The first-order chi connectivity index (χ1) is 7.62. The Morgan fingerprint density at radius 1 is 1.56 bits per heavy atom. The molecule has 4 nitrogen and oxygen atoms in total. The first-order valence-corrected chi connectivity index (χ1v) is 5.98. The van der Waals surface area contributed by atoms with Crippen LogP contribution in [0.25, 0.3) is 0 Å². The Kier molecular flexibility index (Phi) is 4.39. The van der Waals surface area contributed by atoms with E-state index < -0.39 is 11.3 Å². The highest BCUT2D eigenvalue weighted by Gasteiger charge is 2.33. The van der Waals surface area contributed by atoms with E-state index in [9.17, 15) is 4.79 Å². The van der Waals surface area contributed by atoms with Crippen LogP contribution in [0.1, 0.15) is 20.3 Å². The first kappa shape index (κ1) is 12.6. The van der Waals surface area contributed by atoms with E-state index in [0.29, 0.717) is 10.8 Å². The maximum atomic E-state index is 11.6. The molecule has 0 bridgehead atoms. The Hall–Kier alpha value is -1.46. The van der Waals surface area contributed by atoms with Crippen LogP contribution < -0.4 is 5.32 Å². The summed E-state index contributed by atoms with van der Waals surface area (Å²) in [7, 11) is 0. The molecule has 1 heterocycles. The van der Waals surface area contributed by atoms with Gasteiger partial charge in [-0.15, -0.1) is 0 Å². The summed E-state index contributed by atoms with van der Waals surface area (Å²) in [6.45, 7) is 4.07. The van der Waals surface area contributed by atoms with Crippen LogP contribution in [0.5, 0.6) is 0 Å². The van der Waals surface area contributed by atoms with Gasteiger partial charge in [-0.05, 0) is 5.92 Å². The van der Waals surface area contributed by atoms with Gasteiger partial charge in [-0.3, -0.25) is 4.79 Å². The van der Waals surface area contributed by atoms with Crippen molar-refractivity contribution in [2.24, 2.45) is 11.8 Å². The number of carbonyl (C=O) groups is 1. The third kappa shape index (κ3) is 2.77. The van der Waals surface area contributed by atoms with Gasteiger partial charge in [-0.1, -0.05) is 38.1 Å². The van der Waals surface area contributed by atoms with Crippen molar-refractivity contribution in [3.05, 3.63) is 11.0 Å². The van der Waals surface area contributed by atoms with Gasteiger partial charge < -0.3 is 5.32 Å². The molecule has 0 aliphatic carbocycles. The Labute approximate surface area is 99.3 Å². The molecule has 5 heteroatoms. The topological polar surface area (TPSA) is 76.7 Å². The smallest absolute Gasteiger partial charge is 0.258 e. The summed E-state index contributed by atoms with van der Waals surface area (Å²) in [5.74, 6) is -0.641. The lowest BCUT2D eigenvalue weighted by Gasteiger charge is -2.06. The number of amides is 1. The number of carbonyl (C=O) groups excluding carboxylic acids is 1. The molecule has 1 rings (SSSR count). The van der Waals surface area contributed by atoms with Gasteiger partial charge in [0.1, 0.15) is 5.37 Å². The molecule has 2 atom stereocenters. The summed E-state index contributed by atoms with van der Waals surface area (Å²) in [6.07, 6.45) is 2.85. The van der Waals surface area contributed by atoms with Gasteiger partial charge in [-0.2, -0.15) is 10.5 Å². The first-order valence-electron chi connectivity index (χ1n) is 5.11. The second-order valence-corrected chi connectivity index (χ2v) is 4.85.